The number of hydrogen-bond acceptors (Lipinski definition) is 2. The number of amides is 1. The van der Waals surface area contributed by atoms with E-state index in [1.165, 1.54) is 12.1 Å². The summed E-state index contributed by atoms with van der Waals surface area (Å²) < 4.78 is 9.02. The van der Waals surface area contributed by atoms with Gasteiger partial charge in [-0.3, -0.25) is 4.79 Å². The molecule has 3 rings (SSSR count). The summed E-state index contributed by atoms with van der Waals surface area (Å²) in [5.41, 5.74) is 1.20. The highest BCUT2D eigenvalue weighted by Gasteiger charge is 2.31. The van der Waals surface area contributed by atoms with E-state index in [0.717, 1.165) is 30.3 Å². The summed E-state index contributed by atoms with van der Waals surface area (Å²) in [4.78, 5) is 15.1. The molecule has 1 aromatic heterocycles. The molecule has 2 heterocycles. The van der Waals surface area contributed by atoms with Gasteiger partial charge in [0.1, 0.15) is 5.75 Å². The summed E-state index contributed by atoms with van der Waals surface area (Å²) in [6.45, 7) is 2.64. The van der Waals surface area contributed by atoms with E-state index in [-0.39, 0.29) is 11.9 Å². The minimum Gasteiger partial charge on any atom is -0.481 e. The highest BCUT2D eigenvalue weighted by Crippen LogP contribution is 2.31. The number of ether oxygens (including phenoxy) is 1. The van der Waals surface area contributed by atoms with Crippen LogP contribution < -0.4 is 4.74 Å². The first-order valence-electron chi connectivity index (χ1n) is 8.90. The number of likely N-dealkylation sites (tertiary alicyclic amines) is 1. The number of aromatic nitrogens is 1. The van der Waals surface area contributed by atoms with Crippen molar-refractivity contribution in [2.75, 3.05) is 6.54 Å². The van der Waals surface area contributed by atoms with Gasteiger partial charge in [-0.15, -0.1) is 0 Å². The molecule has 0 N–H and O–H groups in total. The fourth-order valence-electron chi connectivity index (χ4n) is 3.50. The van der Waals surface area contributed by atoms with Gasteiger partial charge in [-0.2, -0.15) is 0 Å². The predicted molar refractivity (Wildman–Crippen MR) is 103 cm³/mol. The van der Waals surface area contributed by atoms with Crippen molar-refractivity contribution in [2.45, 2.75) is 44.8 Å². The molecule has 0 bridgehead atoms. The molecule has 0 spiro atoms. The summed E-state index contributed by atoms with van der Waals surface area (Å²) >= 11 is 3.42. The second kappa shape index (κ2) is 8.09. The van der Waals surface area contributed by atoms with Crippen molar-refractivity contribution in [3.8, 4) is 5.75 Å². The molecule has 1 aliphatic heterocycles. The molecular weight excluding hydrogens is 380 g/mol. The second-order valence-electron chi connectivity index (χ2n) is 6.65. The van der Waals surface area contributed by atoms with Gasteiger partial charge in [0.25, 0.3) is 5.91 Å². The lowest BCUT2D eigenvalue weighted by Gasteiger charge is -2.32. The molecule has 0 aliphatic carbocycles. The van der Waals surface area contributed by atoms with E-state index < -0.39 is 6.10 Å². The number of benzene rings is 1. The summed E-state index contributed by atoms with van der Waals surface area (Å²) in [7, 11) is 2.05. The first-order valence-corrected chi connectivity index (χ1v) is 9.69. The number of halogens is 1. The van der Waals surface area contributed by atoms with Crippen LogP contribution in [-0.4, -0.2) is 28.0 Å². The van der Waals surface area contributed by atoms with Crippen LogP contribution in [0.3, 0.4) is 0 Å². The van der Waals surface area contributed by atoms with Crippen LogP contribution >= 0.6 is 15.9 Å². The number of carbonyl (C=O) groups is 1. The highest BCUT2D eigenvalue weighted by atomic mass is 79.9. The zero-order valence-corrected chi connectivity index (χ0v) is 16.4. The quantitative estimate of drug-likeness (QED) is 0.739. The predicted octanol–water partition coefficient (Wildman–Crippen LogP) is 4.70. The molecular formula is C20H25BrN2O2. The molecule has 134 valence electrons. The van der Waals surface area contributed by atoms with Crippen LogP contribution in [0.1, 0.15) is 44.3 Å². The maximum absolute atomic E-state index is 13.1. The third-order valence-electron chi connectivity index (χ3n) is 4.84. The summed E-state index contributed by atoms with van der Waals surface area (Å²) in [6, 6.07) is 11.9. The zero-order chi connectivity index (χ0) is 17.8. The van der Waals surface area contributed by atoms with Gasteiger partial charge in [-0.25, -0.2) is 0 Å². The zero-order valence-electron chi connectivity index (χ0n) is 14.8. The molecule has 1 saturated heterocycles. The third kappa shape index (κ3) is 4.27. The van der Waals surface area contributed by atoms with E-state index >= 15 is 0 Å². The lowest BCUT2D eigenvalue weighted by molar-refractivity contribution is -0.140. The van der Waals surface area contributed by atoms with Gasteiger partial charge in [0.05, 0.1) is 6.04 Å². The van der Waals surface area contributed by atoms with Crippen LogP contribution in [0.15, 0.2) is 47.1 Å². The lowest BCUT2D eigenvalue weighted by Crippen LogP contribution is -2.43. The first kappa shape index (κ1) is 18.1. The number of rotatable bonds is 4. The van der Waals surface area contributed by atoms with Crippen LogP contribution in [0.5, 0.6) is 5.75 Å². The van der Waals surface area contributed by atoms with Gasteiger partial charge < -0.3 is 14.2 Å². The van der Waals surface area contributed by atoms with Crippen molar-refractivity contribution in [1.82, 2.24) is 9.47 Å². The van der Waals surface area contributed by atoms with E-state index in [2.05, 4.69) is 26.6 Å². The maximum Gasteiger partial charge on any atom is 0.263 e. The van der Waals surface area contributed by atoms with Crippen molar-refractivity contribution in [2.24, 2.45) is 7.05 Å². The van der Waals surface area contributed by atoms with Gasteiger partial charge in [-0.05, 0) is 56.2 Å². The van der Waals surface area contributed by atoms with Crippen LogP contribution in [0.25, 0.3) is 0 Å². The fraction of sp³-hybridized carbons (Fsp3) is 0.450. The molecule has 4 nitrogen and oxygen atoms in total. The molecule has 25 heavy (non-hydrogen) atoms. The Balaban J connectivity index is 1.77. The van der Waals surface area contributed by atoms with Gasteiger partial charge in [0.2, 0.25) is 0 Å². The summed E-state index contributed by atoms with van der Waals surface area (Å²) in [5.74, 6) is 0.783. The summed E-state index contributed by atoms with van der Waals surface area (Å²) in [5, 5.41) is 0. The molecule has 1 aromatic carbocycles. The Hall–Kier alpha value is -1.75. The smallest absolute Gasteiger partial charge is 0.263 e. The molecule has 5 heteroatoms. The molecule has 1 fully saturated rings. The molecule has 0 unspecified atom stereocenters. The van der Waals surface area contributed by atoms with E-state index in [4.69, 9.17) is 4.74 Å². The monoisotopic (exact) mass is 404 g/mol. The Morgan fingerprint density at radius 2 is 1.96 bits per heavy atom. The van der Waals surface area contributed by atoms with Gasteiger partial charge in [0, 0.05) is 30.0 Å². The van der Waals surface area contributed by atoms with Crippen LogP contribution in [0, 0.1) is 0 Å². The molecule has 2 aromatic rings. The Morgan fingerprint density at radius 3 is 2.64 bits per heavy atom. The number of hydrogen-bond donors (Lipinski definition) is 0. The van der Waals surface area contributed by atoms with Gasteiger partial charge in [-0.1, -0.05) is 28.8 Å². The SMILES string of the molecule is C[C@@H](Oc1ccc(Br)cc1)C(=O)N1CCCCC[C@H]1c1cccn1C. The van der Waals surface area contributed by atoms with Crippen molar-refractivity contribution in [1.29, 1.82) is 0 Å². The third-order valence-corrected chi connectivity index (χ3v) is 5.36. The molecule has 0 radical (unpaired) electrons. The average molecular weight is 405 g/mol. The van der Waals surface area contributed by atoms with Crippen molar-refractivity contribution >= 4 is 21.8 Å². The fourth-order valence-corrected chi connectivity index (χ4v) is 3.77. The summed E-state index contributed by atoms with van der Waals surface area (Å²) in [6.07, 6.45) is 5.94. The Bertz CT molecular complexity index is 711. The topological polar surface area (TPSA) is 34.5 Å². The van der Waals surface area contributed by atoms with Crippen LogP contribution in [0.2, 0.25) is 0 Å². The minimum atomic E-state index is -0.498. The number of nitrogens with zero attached hydrogens (tertiary/aromatic N) is 2. The van der Waals surface area contributed by atoms with E-state index in [0.29, 0.717) is 5.75 Å². The molecule has 1 aliphatic rings. The Kier molecular flexibility index (Phi) is 5.84. The van der Waals surface area contributed by atoms with E-state index in [9.17, 15) is 4.79 Å². The average Bonchev–Trinajstić information content (AvgIpc) is 2.88. The highest BCUT2D eigenvalue weighted by molar-refractivity contribution is 9.10. The molecule has 2 atom stereocenters. The van der Waals surface area contributed by atoms with Crippen molar-refractivity contribution < 1.29 is 9.53 Å². The van der Waals surface area contributed by atoms with Crippen LogP contribution in [-0.2, 0) is 11.8 Å². The molecule has 0 saturated carbocycles. The lowest BCUT2D eigenvalue weighted by atomic mass is 10.1. The largest absolute Gasteiger partial charge is 0.481 e. The standard InChI is InChI=1S/C20H25BrN2O2/c1-15(25-17-11-9-16(21)10-12-17)20(24)23-14-5-3-4-7-19(23)18-8-6-13-22(18)2/h6,8-13,15,19H,3-5,7,14H2,1-2H3/t15-,19+/m1/s1. The van der Waals surface area contributed by atoms with E-state index in [1.807, 2.05) is 55.4 Å². The normalized spacial score (nSPS) is 19.3. The Morgan fingerprint density at radius 1 is 1.20 bits per heavy atom. The minimum absolute atomic E-state index is 0.0658. The number of carbonyl (C=O) groups excluding carboxylic acids is 1. The molecule has 1 amide bonds. The second-order valence-corrected chi connectivity index (χ2v) is 7.57. The van der Waals surface area contributed by atoms with Crippen molar-refractivity contribution in [3.63, 3.8) is 0 Å². The maximum atomic E-state index is 13.1. The van der Waals surface area contributed by atoms with Gasteiger partial charge in [0.15, 0.2) is 6.10 Å². The van der Waals surface area contributed by atoms with Crippen molar-refractivity contribution in [3.05, 3.63) is 52.8 Å². The first-order chi connectivity index (χ1) is 12.1. The van der Waals surface area contributed by atoms with E-state index in [1.54, 1.807) is 0 Å². The Labute approximate surface area is 157 Å². The number of aryl methyl sites for hydroxylation is 1. The van der Waals surface area contributed by atoms with Crippen LogP contribution in [0.4, 0.5) is 0 Å². The van der Waals surface area contributed by atoms with Gasteiger partial charge >= 0.3 is 0 Å².